The van der Waals surface area contributed by atoms with E-state index in [1.54, 1.807) is 0 Å². The number of ether oxygens (including phenoxy) is 1. The van der Waals surface area contributed by atoms with Gasteiger partial charge in [0.05, 0.1) is 0 Å². The molecule has 4 fully saturated rings. The zero-order valence-corrected chi connectivity index (χ0v) is 21.0. The van der Waals surface area contributed by atoms with Gasteiger partial charge in [-0.05, 0) is 0 Å². The molecule has 5 radical (unpaired) electrons. The molecule has 0 N–H and O–H groups in total. The molecule has 7 heterocycles. The second-order valence-electron chi connectivity index (χ2n) is 11.2. The van der Waals surface area contributed by atoms with Crippen LogP contribution in [0.25, 0.3) is 27.5 Å². The Morgan fingerprint density at radius 2 is 1.67 bits per heavy atom. The molecule has 0 spiro atoms. The van der Waals surface area contributed by atoms with Crippen LogP contribution >= 0.6 is 13.9 Å². The van der Waals surface area contributed by atoms with Gasteiger partial charge < -0.3 is 0 Å². The molecular weight excluding hydrogens is 470 g/mol. The summed E-state index contributed by atoms with van der Waals surface area (Å²) in [6.45, 7) is 5.43. The molecule has 12 heteroatoms. The van der Waals surface area contributed by atoms with Crippen molar-refractivity contribution in [1.29, 1.82) is 0 Å². The number of fused-ring (bicyclic) bond motifs is 9. The fourth-order valence-corrected chi connectivity index (χ4v) is 16.7. The van der Waals surface area contributed by atoms with Gasteiger partial charge in [0, 0.05) is 0 Å². The zero-order valence-electron chi connectivity index (χ0n) is 19.2. The Kier molecular flexibility index (Phi) is 2.85. The fourth-order valence-electron chi connectivity index (χ4n) is 7.39. The molecule has 3 nitrogen and oxygen atoms in total. The molecule has 4 aromatic carbocycles. The summed E-state index contributed by atoms with van der Waals surface area (Å²) >= 11 is 0. The summed E-state index contributed by atoms with van der Waals surface area (Å²) < 4.78 is 14.7. The van der Waals surface area contributed by atoms with E-state index in [1.807, 2.05) is 0 Å². The van der Waals surface area contributed by atoms with Crippen molar-refractivity contribution < 1.29 is 4.74 Å². The zero-order chi connectivity index (χ0) is 23.0. The third kappa shape index (κ3) is 1.89. The number of para-hydroxylation sites is 2. The van der Waals surface area contributed by atoms with Crippen molar-refractivity contribution in [1.82, 2.24) is 4.57 Å². The average molecular weight is 483 g/mol. The van der Waals surface area contributed by atoms with Crippen molar-refractivity contribution in [3.8, 4) is 17.2 Å². The topological polar surface area (TPSA) is 26.5 Å². The maximum atomic E-state index is 6.47. The Morgan fingerprint density at radius 3 is 2.50 bits per heavy atom. The average Bonchev–Trinajstić information content (AvgIpc) is 3.81. The molecule has 5 aromatic rings. The molecule has 11 rings (SSSR count). The van der Waals surface area contributed by atoms with Crippen molar-refractivity contribution >= 4 is 104 Å². The van der Waals surface area contributed by atoms with Gasteiger partial charge in [-0.1, -0.05) is 0 Å². The van der Waals surface area contributed by atoms with Crippen LogP contribution in [0.5, 0.6) is 11.5 Å². The van der Waals surface area contributed by atoms with Crippen LogP contribution in [0.3, 0.4) is 0 Å². The molecule has 6 aliphatic rings. The Hall–Kier alpha value is -2.54. The number of aromatic nitrogens is 1. The van der Waals surface area contributed by atoms with E-state index < -0.39 is 6.39 Å². The summed E-state index contributed by atoms with van der Waals surface area (Å²) in [6.07, 6.45) is 0.0659. The second kappa shape index (κ2) is 5.50. The first kappa shape index (κ1) is 18.7. The summed E-state index contributed by atoms with van der Waals surface area (Å²) in [4.78, 5) is 0. The van der Waals surface area contributed by atoms with Gasteiger partial charge in [0.25, 0.3) is 0 Å². The summed E-state index contributed by atoms with van der Waals surface area (Å²) in [5.74, 6) is 1.96. The van der Waals surface area contributed by atoms with Crippen molar-refractivity contribution in [2.45, 2.75) is 0 Å². The summed E-state index contributed by atoms with van der Waals surface area (Å²) in [5.41, 5.74) is 7.86. The van der Waals surface area contributed by atoms with Gasteiger partial charge in [-0.15, -0.1) is 0 Å². The van der Waals surface area contributed by atoms with E-state index in [4.69, 9.17) is 9.25 Å². The van der Waals surface area contributed by atoms with E-state index >= 15 is 0 Å². The third-order valence-corrected chi connectivity index (χ3v) is 18.0. The quantitative estimate of drug-likeness (QED) is 0.275. The van der Waals surface area contributed by atoms with Crippen LogP contribution in [0.2, 0.25) is 0 Å². The predicted molar refractivity (Wildman–Crippen MR) is 162 cm³/mol. The van der Waals surface area contributed by atoms with E-state index in [9.17, 15) is 0 Å². The number of hydrogen-bond acceptors (Lipinski definition) is 2. The molecule has 36 heavy (non-hydrogen) atoms. The van der Waals surface area contributed by atoms with Gasteiger partial charge in [0.2, 0.25) is 0 Å². The number of hydrogen-bond donors (Lipinski definition) is 0. The van der Waals surface area contributed by atoms with E-state index in [0.29, 0.717) is 6.21 Å². The van der Waals surface area contributed by atoms with Crippen molar-refractivity contribution in [3.05, 3.63) is 78.9 Å². The Morgan fingerprint density at radius 1 is 0.889 bits per heavy atom. The van der Waals surface area contributed by atoms with Gasteiger partial charge in [-0.25, -0.2) is 0 Å². The maximum absolute atomic E-state index is 6.47. The first-order chi connectivity index (χ1) is 17.8. The summed E-state index contributed by atoms with van der Waals surface area (Å²) in [5, 5.41) is 4.34. The van der Waals surface area contributed by atoms with Crippen molar-refractivity contribution in [3.63, 3.8) is 0 Å². The van der Waals surface area contributed by atoms with Gasteiger partial charge in [0.15, 0.2) is 0 Å². The standard InChI is InChI=1S/C24H13B7N2OP2/c1-2-11-19-15(7-1)28-16-8-3-6-14-22-17(33(24(14)16)18-10-4-12-20(34-19)23(18)28)9-5-13-21(22)36(26-29(36)27-36)32-35-30-25-31(30)35/h1-13H/q-1. The third-order valence-electron chi connectivity index (χ3n) is 9.49. The van der Waals surface area contributed by atoms with Crippen LogP contribution in [0.1, 0.15) is 0 Å². The van der Waals surface area contributed by atoms with Crippen molar-refractivity contribution in [2.24, 2.45) is 4.52 Å². The molecule has 0 unspecified atom stereocenters. The Bertz CT molecular complexity index is 1980. The van der Waals surface area contributed by atoms with Gasteiger partial charge >= 0.3 is 213 Å². The Balaban J connectivity index is 1.30. The molecule has 0 atom stereocenters. The van der Waals surface area contributed by atoms with Crippen LogP contribution in [0, 0.1) is 0 Å². The van der Waals surface area contributed by atoms with Crippen LogP contribution < -0.4 is 26.4 Å². The molecular formula is C24H13B7N2OP2-. The molecule has 0 aliphatic carbocycles. The van der Waals surface area contributed by atoms with Crippen LogP contribution in [0.15, 0.2) is 83.4 Å². The summed E-state index contributed by atoms with van der Waals surface area (Å²) in [6, 6.07) is 29.1. The summed E-state index contributed by atoms with van der Waals surface area (Å²) in [7, 11) is 2.39. The normalized spacial score (nSPS) is 21.9. The molecule has 0 amide bonds. The molecule has 6 aliphatic heterocycles. The first-order valence-corrected chi connectivity index (χ1v) is 16.7. The fraction of sp³-hybridized carbons (Fsp3) is 0. The number of nitrogens with zero attached hydrogens (tertiary/aromatic N) is 2. The monoisotopic (exact) mass is 484 g/mol. The Labute approximate surface area is 212 Å². The van der Waals surface area contributed by atoms with Crippen LogP contribution in [-0.2, 0) is 0 Å². The molecule has 157 valence electrons. The van der Waals surface area contributed by atoms with Crippen molar-refractivity contribution in [2.75, 3.05) is 0 Å². The second-order valence-corrected chi connectivity index (χ2v) is 18.1. The molecule has 4 saturated heterocycles. The first-order valence-electron chi connectivity index (χ1n) is 12.8. The van der Waals surface area contributed by atoms with Gasteiger partial charge in [0.1, 0.15) is 0 Å². The van der Waals surface area contributed by atoms with Gasteiger partial charge in [-0.2, -0.15) is 0 Å². The van der Waals surface area contributed by atoms with Crippen LogP contribution in [0.4, 0.5) is 0 Å². The molecule has 1 aromatic heterocycles. The minimum atomic E-state index is -2.28. The van der Waals surface area contributed by atoms with E-state index in [-0.39, 0.29) is 14.2 Å². The predicted octanol–water partition coefficient (Wildman–Crippen LogP) is 2.51. The van der Waals surface area contributed by atoms with E-state index in [0.717, 1.165) is 23.9 Å². The van der Waals surface area contributed by atoms with E-state index in [2.05, 4.69) is 104 Å². The molecule has 0 saturated carbocycles. The molecule has 0 bridgehead atoms. The van der Waals surface area contributed by atoms with Crippen LogP contribution in [-0.4, -0.2) is 50.8 Å². The number of benzene rings is 4. The SMILES string of the molecule is [B]1B2[B-]P12(N=[P+]1B2[B-]B21)c1cccc2c1c1cccc3c1n2-c1cccc2c1B3c1ccccc1O2. The number of rotatable bonds is 2. The minimum absolute atomic E-state index is 0.0954. The van der Waals surface area contributed by atoms with E-state index in [1.165, 1.54) is 49.2 Å². The van der Waals surface area contributed by atoms with Gasteiger partial charge in [-0.3, -0.25) is 0 Å².